The predicted octanol–water partition coefficient (Wildman–Crippen LogP) is -0.887. The van der Waals surface area contributed by atoms with Crippen LogP contribution in [0.4, 0.5) is 0 Å². The van der Waals surface area contributed by atoms with Crippen molar-refractivity contribution < 1.29 is 24.6 Å². The lowest BCUT2D eigenvalue weighted by Crippen LogP contribution is -2.10. The highest BCUT2D eigenvalue weighted by Crippen LogP contribution is 1.70. The van der Waals surface area contributed by atoms with Crippen LogP contribution in [0.25, 0.3) is 0 Å². The maximum atomic E-state index is 9.55. The minimum Gasteiger partial charge on any atom is -0.478 e. The van der Waals surface area contributed by atoms with Gasteiger partial charge in [0.25, 0.3) is 0 Å². The Morgan fingerprint density at radius 1 is 1.15 bits per heavy atom. The van der Waals surface area contributed by atoms with Crippen molar-refractivity contribution in [3.63, 3.8) is 0 Å². The van der Waals surface area contributed by atoms with Crippen molar-refractivity contribution in [2.75, 3.05) is 5.75 Å². The van der Waals surface area contributed by atoms with Gasteiger partial charge in [-0.2, -0.15) is 12.6 Å². The Morgan fingerprint density at radius 2 is 1.38 bits per heavy atom. The summed E-state index contributed by atoms with van der Waals surface area (Å²) in [5.41, 5.74) is 4.58. The average Bonchev–Trinajstić information content (AvgIpc) is 2.02. The predicted molar refractivity (Wildman–Crippen MR) is 47.5 cm³/mol. The Hall–Kier alpha value is -1.50. The highest BCUT2D eigenvalue weighted by molar-refractivity contribution is 7.81. The van der Waals surface area contributed by atoms with Gasteiger partial charge < -0.3 is 15.9 Å². The lowest BCUT2D eigenvalue weighted by molar-refractivity contribution is -0.134. The zero-order valence-electron chi connectivity index (χ0n) is 6.51. The third-order valence-corrected chi connectivity index (χ3v) is 0.836. The molecule has 0 aliphatic rings. The number of hydrogen-bond donors (Lipinski definition) is 4. The molecule has 0 aromatic carbocycles. The molecule has 0 heterocycles. The van der Waals surface area contributed by atoms with E-state index >= 15 is 0 Å². The first-order valence-corrected chi connectivity index (χ1v) is 3.56. The first kappa shape index (κ1) is 14.0. The molecule has 74 valence electrons. The monoisotopic (exact) mass is 207 g/mol. The van der Waals surface area contributed by atoms with Crippen LogP contribution in [-0.4, -0.2) is 33.8 Å². The van der Waals surface area contributed by atoms with Gasteiger partial charge in [0.2, 0.25) is 5.91 Å². The minimum absolute atomic E-state index is 0.139. The van der Waals surface area contributed by atoms with E-state index in [1.54, 1.807) is 0 Å². The van der Waals surface area contributed by atoms with Crippen LogP contribution in [0.3, 0.4) is 0 Å². The van der Waals surface area contributed by atoms with Crippen LogP contribution in [0.15, 0.2) is 12.2 Å². The van der Waals surface area contributed by atoms with Crippen LogP contribution < -0.4 is 5.73 Å². The van der Waals surface area contributed by atoms with Crippen molar-refractivity contribution in [3.05, 3.63) is 12.2 Å². The molecule has 0 bridgehead atoms. The van der Waals surface area contributed by atoms with E-state index in [0.717, 1.165) is 0 Å². The molecule has 0 aromatic heterocycles. The van der Waals surface area contributed by atoms with Crippen molar-refractivity contribution in [1.82, 2.24) is 0 Å². The van der Waals surface area contributed by atoms with Crippen LogP contribution in [0.1, 0.15) is 0 Å². The Balaban J connectivity index is 0. The van der Waals surface area contributed by atoms with Gasteiger partial charge in [0.15, 0.2) is 0 Å². The molecule has 0 fully saturated rings. The molecule has 0 saturated heterocycles. The second-order valence-corrected chi connectivity index (χ2v) is 1.95. The van der Waals surface area contributed by atoms with Crippen LogP contribution >= 0.6 is 12.6 Å². The molecule has 6 nitrogen and oxygen atoms in total. The summed E-state index contributed by atoms with van der Waals surface area (Å²) in [7, 11) is 0. The van der Waals surface area contributed by atoms with Crippen molar-refractivity contribution >= 4 is 30.5 Å². The first-order valence-electron chi connectivity index (χ1n) is 2.93. The average molecular weight is 207 g/mol. The van der Waals surface area contributed by atoms with Crippen LogP contribution in [0, 0.1) is 0 Å². The van der Waals surface area contributed by atoms with E-state index in [0.29, 0.717) is 12.2 Å². The Kier molecular flexibility index (Phi) is 9.29. The van der Waals surface area contributed by atoms with Gasteiger partial charge in [-0.05, 0) is 0 Å². The van der Waals surface area contributed by atoms with Crippen LogP contribution in [0.2, 0.25) is 0 Å². The van der Waals surface area contributed by atoms with E-state index in [1.807, 2.05) is 0 Å². The van der Waals surface area contributed by atoms with Gasteiger partial charge in [-0.25, -0.2) is 9.59 Å². The highest BCUT2D eigenvalue weighted by atomic mass is 32.1. The maximum absolute atomic E-state index is 9.55. The maximum Gasteiger partial charge on any atom is 0.328 e. The van der Waals surface area contributed by atoms with Crippen LogP contribution in [-0.2, 0) is 14.4 Å². The molecule has 0 spiro atoms. The number of aliphatic carboxylic acids is 2. The summed E-state index contributed by atoms with van der Waals surface area (Å²) in [5.74, 6) is -2.76. The number of carboxylic acids is 2. The summed E-state index contributed by atoms with van der Waals surface area (Å²) in [6.07, 6.45) is 1.12. The zero-order valence-corrected chi connectivity index (χ0v) is 7.40. The molecule has 0 rings (SSSR count). The SMILES string of the molecule is NC(=O)CS.O=C(O)/C=C\C(=O)O. The lowest BCUT2D eigenvalue weighted by atomic mass is 10.5. The number of carboxylic acid groups (broad SMARTS) is 2. The van der Waals surface area contributed by atoms with E-state index in [2.05, 4.69) is 18.4 Å². The van der Waals surface area contributed by atoms with Crippen molar-refractivity contribution in [1.29, 1.82) is 0 Å². The lowest BCUT2D eigenvalue weighted by Gasteiger charge is -1.74. The summed E-state index contributed by atoms with van der Waals surface area (Å²) in [6, 6.07) is 0. The molecule has 7 heteroatoms. The number of rotatable bonds is 3. The number of amides is 1. The van der Waals surface area contributed by atoms with E-state index in [9.17, 15) is 14.4 Å². The van der Waals surface area contributed by atoms with Gasteiger partial charge in [0.05, 0.1) is 5.75 Å². The number of primary amides is 1. The molecule has 0 aliphatic carbocycles. The van der Waals surface area contributed by atoms with Crippen molar-refractivity contribution in [3.8, 4) is 0 Å². The van der Waals surface area contributed by atoms with Gasteiger partial charge in [-0.15, -0.1) is 0 Å². The number of thiol groups is 1. The molecule has 13 heavy (non-hydrogen) atoms. The van der Waals surface area contributed by atoms with Gasteiger partial charge >= 0.3 is 11.9 Å². The fraction of sp³-hybridized carbons (Fsp3) is 0.167. The Labute approximate surface area is 79.4 Å². The highest BCUT2D eigenvalue weighted by Gasteiger charge is 1.88. The second kappa shape index (κ2) is 8.60. The summed E-state index contributed by atoms with van der Waals surface area (Å²) >= 11 is 3.54. The number of carbonyl (C=O) groups is 3. The third-order valence-electron chi connectivity index (χ3n) is 0.524. The fourth-order valence-electron chi connectivity index (χ4n) is 0.143. The molecule has 0 radical (unpaired) electrons. The van der Waals surface area contributed by atoms with Gasteiger partial charge in [-0.3, -0.25) is 4.79 Å². The second-order valence-electron chi connectivity index (χ2n) is 1.63. The molecule has 0 aliphatic heterocycles. The number of carbonyl (C=O) groups excluding carboxylic acids is 1. The zero-order chi connectivity index (χ0) is 10.9. The van der Waals surface area contributed by atoms with Crippen LogP contribution in [0.5, 0.6) is 0 Å². The summed E-state index contributed by atoms with van der Waals surface area (Å²) in [5, 5.41) is 15.6. The smallest absolute Gasteiger partial charge is 0.328 e. The molecular weight excluding hydrogens is 198 g/mol. The molecule has 0 aromatic rings. The Bertz CT molecular complexity index is 209. The summed E-state index contributed by atoms with van der Waals surface area (Å²) in [6.45, 7) is 0. The van der Waals surface area contributed by atoms with Gasteiger partial charge in [-0.1, -0.05) is 0 Å². The Morgan fingerprint density at radius 3 is 1.46 bits per heavy atom. The quantitative estimate of drug-likeness (QED) is 0.354. The normalized spacial score (nSPS) is 8.69. The largest absolute Gasteiger partial charge is 0.478 e. The molecule has 0 unspecified atom stereocenters. The van der Waals surface area contributed by atoms with E-state index < -0.39 is 11.9 Å². The van der Waals surface area contributed by atoms with E-state index in [1.165, 1.54) is 0 Å². The van der Waals surface area contributed by atoms with E-state index in [-0.39, 0.29) is 11.7 Å². The van der Waals surface area contributed by atoms with E-state index in [4.69, 9.17) is 10.2 Å². The molecule has 1 amide bonds. The molecule has 4 N–H and O–H groups in total. The van der Waals surface area contributed by atoms with Gasteiger partial charge in [0, 0.05) is 12.2 Å². The first-order chi connectivity index (χ1) is 5.90. The number of nitrogens with two attached hydrogens (primary N) is 1. The molecule has 0 atom stereocenters. The molecule has 0 saturated carbocycles. The minimum atomic E-state index is -1.26. The fourth-order valence-corrected chi connectivity index (χ4v) is 0.143. The standard InChI is InChI=1S/C4H4O4.C2H5NOS/c5-3(6)1-2-4(7)8;3-2(4)1-5/h1-2H,(H,5,6)(H,7,8);5H,1H2,(H2,3,4)/b2-1-;. The molecular formula is C6H9NO5S. The summed E-state index contributed by atoms with van der Waals surface area (Å²) < 4.78 is 0. The topological polar surface area (TPSA) is 118 Å². The third kappa shape index (κ3) is 25.1. The van der Waals surface area contributed by atoms with Crippen molar-refractivity contribution in [2.45, 2.75) is 0 Å². The van der Waals surface area contributed by atoms with Gasteiger partial charge in [0.1, 0.15) is 0 Å². The number of hydrogen-bond acceptors (Lipinski definition) is 4. The van der Waals surface area contributed by atoms with Crippen molar-refractivity contribution in [2.24, 2.45) is 5.73 Å². The summed E-state index contributed by atoms with van der Waals surface area (Å²) in [4.78, 5) is 28.6.